The van der Waals surface area contributed by atoms with Crippen molar-refractivity contribution in [2.24, 2.45) is 0 Å². The zero-order valence-electron chi connectivity index (χ0n) is 8.64. The Morgan fingerprint density at radius 2 is 2.29 bits per heavy atom. The molecule has 0 aliphatic rings. The number of hydrogen-bond donors (Lipinski definition) is 2. The lowest BCUT2D eigenvalue weighted by Crippen LogP contribution is -2.15. The molecule has 0 atom stereocenters. The van der Waals surface area contributed by atoms with E-state index in [1.165, 1.54) is 18.2 Å². The molecular formula is C10H9BrN2O4. The Hall–Kier alpha value is -1.89. The fraction of sp³-hybridized carbons (Fsp3) is 0.100. The topological polar surface area (TPSA) is 88.5 Å². The monoisotopic (exact) mass is 300 g/mol. The summed E-state index contributed by atoms with van der Waals surface area (Å²) in [6.07, 6.45) is 0.739. The summed E-state index contributed by atoms with van der Waals surface area (Å²) in [7, 11) is 0. The van der Waals surface area contributed by atoms with Gasteiger partial charge < -0.3 is 9.84 Å². The summed E-state index contributed by atoms with van der Waals surface area (Å²) < 4.78 is 4.80. The molecule has 0 bridgehead atoms. The smallest absolute Gasteiger partial charge is 0.413 e. The molecule has 7 heteroatoms. The number of nitrogens with one attached hydrogen (secondary N) is 1. The van der Waals surface area contributed by atoms with Crippen LogP contribution in [0, 0.1) is 0 Å². The van der Waals surface area contributed by atoms with E-state index in [1.54, 1.807) is 0 Å². The summed E-state index contributed by atoms with van der Waals surface area (Å²) in [5.74, 6) is -0.916. The maximum Gasteiger partial charge on any atom is 0.413 e. The molecule has 0 aromatic carbocycles. The van der Waals surface area contributed by atoms with Crippen molar-refractivity contribution in [3.63, 3.8) is 0 Å². The highest BCUT2D eigenvalue weighted by Crippen LogP contribution is 2.17. The van der Waals surface area contributed by atoms with Gasteiger partial charge in [0.15, 0.2) is 0 Å². The molecule has 0 saturated carbocycles. The number of carboxylic acid groups (broad SMARTS) is 1. The lowest BCUT2D eigenvalue weighted by Gasteiger charge is -2.05. The van der Waals surface area contributed by atoms with Crippen LogP contribution in [0.3, 0.4) is 0 Å². The third-order valence-corrected chi connectivity index (χ3v) is 2.25. The van der Waals surface area contributed by atoms with E-state index in [9.17, 15) is 9.59 Å². The maximum atomic E-state index is 11.1. The van der Waals surface area contributed by atoms with Gasteiger partial charge in [0, 0.05) is 0 Å². The third-order valence-electron chi connectivity index (χ3n) is 1.64. The van der Waals surface area contributed by atoms with E-state index in [4.69, 9.17) is 5.11 Å². The minimum Gasteiger partial charge on any atom is -0.478 e. The first-order chi connectivity index (χ1) is 8.04. The molecule has 2 N–H and O–H groups in total. The predicted molar refractivity (Wildman–Crippen MR) is 64.1 cm³/mol. The average molecular weight is 301 g/mol. The number of ether oxygens (including phenoxy) is 1. The van der Waals surface area contributed by atoms with E-state index < -0.39 is 12.1 Å². The number of nitrogens with zero attached hydrogens (tertiary/aromatic N) is 1. The number of carbonyl (C=O) groups excluding carboxylic acids is 1. The van der Waals surface area contributed by atoms with E-state index in [0.717, 1.165) is 0 Å². The Kier molecular flexibility index (Phi) is 4.65. The van der Waals surface area contributed by atoms with Gasteiger partial charge in [-0.3, -0.25) is 5.32 Å². The highest BCUT2D eigenvalue weighted by atomic mass is 79.9. The van der Waals surface area contributed by atoms with Crippen molar-refractivity contribution in [1.82, 2.24) is 4.98 Å². The van der Waals surface area contributed by atoms with E-state index in [0.29, 0.717) is 0 Å². The fourth-order valence-corrected chi connectivity index (χ4v) is 1.43. The number of anilines is 1. The first-order valence-electron chi connectivity index (χ1n) is 4.49. The number of amides is 1. The maximum absolute atomic E-state index is 11.1. The molecule has 1 aromatic heterocycles. The van der Waals surface area contributed by atoms with Gasteiger partial charge in [-0.1, -0.05) is 12.7 Å². The SMILES string of the molecule is C=CCOC(=O)Nc1ccc(C(=O)O)c(Br)n1. The quantitative estimate of drug-likeness (QED) is 0.658. The van der Waals surface area contributed by atoms with Crippen LogP contribution in [-0.4, -0.2) is 28.8 Å². The van der Waals surface area contributed by atoms with Gasteiger partial charge in [0.1, 0.15) is 17.0 Å². The van der Waals surface area contributed by atoms with Crippen molar-refractivity contribution in [1.29, 1.82) is 0 Å². The Bertz CT molecular complexity index is 462. The van der Waals surface area contributed by atoms with E-state index in [1.807, 2.05) is 0 Å². The standard InChI is InChI=1S/C10H9BrN2O4/c1-2-5-17-10(16)13-7-4-3-6(9(14)15)8(11)12-7/h2-4H,1,5H2,(H,14,15)(H,12,13,16). The minimum absolute atomic E-state index is 0.00927. The Labute approximate surface area is 105 Å². The normalized spacial score (nSPS) is 9.47. The second kappa shape index (κ2) is 6.00. The first-order valence-corrected chi connectivity index (χ1v) is 5.28. The largest absolute Gasteiger partial charge is 0.478 e. The molecule has 1 heterocycles. The average Bonchev–Trinajstić information content (AvgIpc) is 2.26. The molecule has 0 saturated heterocycles. The fourth-order valence-electron chi connectivity index (χ4n) is 0.939. The van der Waals surface area contributed by atoms with Crippen LogP contribution in [0.25, 0.3) is 0 Å². The van der Waals surface area contributed by atoms with Gasteiger partial charge in [-0.25, -0.2) is 14.6 Å². The molecular weight excluding hydrogens is 292 g/mol. The Morgan fingerprint density at radius 3 is 2.82 bits per heavy atom. The van der Waals surface area contributed by atoms with E-state index in [2.05, 4.69) is 37.5 Å². The zero-order chi connectivity index (χ0) is 12.8. The second-order valence-electron chi connectivity index (χ2n) is 2.85. The molecule has 0 fully saturated rings. The van der Waals surface area contributed by atoms with Gasteiger partial charge in [0.25, 0.3) is 0 Å². The first kappa shape index (κ1) is 13.2. The van der Waals surface area contributed by atoms with Crippen LogP contribution in [-0.2, 0) is 4.74 Å². The van der Waals surface area contributed by atoms with Gasteiger partial charge in [-0.2, -0.15) is 0 Å². The van der Waals surface area contributed by atoms with Crippen molar-refractivity contribution >= 4 is 33.8 Å². The van der Waals surface area contributed by atoms with Gasteiger partial charge in [0.2, 0.25) is 0 Å². The summed E-state index contributed by atoms with van der Waals surface area (Å²) in [4.78, 5) is 25.7. The Morgan fingerprint density at radius 1 is 1.59 bits per heavy atom. The number of rotatable bonds is 4. The molecule has 17 heavy (non-hydrogen) atoms. The van der Waals surface area contributed by atoms with E-state index in [-0.39, 0.29) is 22.6 Å². The van der Waals surface area contributed by atoms with Crippen LogP contribution in [0.4, 0.5) is 10.6 Å². The molecule has 1 amide bonds. The van der Waals surface area contributed by atoms with Crippen LogP contribution in [0.5, 0.6) is 0 Å². The highest BCUT2D eigenvalue weighted by Gasteiger charge is 2.11. The van der Waals surface area contributed by atoms with Crippen LogP contribution < -0.4 is 5.32 Å². The van der Waals surface area contributed by atoms with E-state index >= 15 is 0 Å². The number of aromatic carboxylic acids is 1. The minimum atomic E-state index is -1.11. The van der Waals surface area contributed by atoms with Crippen LogP contribution in [0.15, 0.2) is 29.4 Å². The summed E-state index contributed by atoms with van der Waals surface area (Å²) in [6.45, 7) is 3.47. The number of carbonyl (C=O) groups is 2. The molecule has 0 radical (unpaired) electrons. The van der Waals surface area contributed by atoms with Crippen molar-refractivity contribution in [2.45, 2.75) is 0 Å². The molecule has 0 aliphatic carbocycles. The number of pyridine rings is 1. The second-order valence-corrected chi connectivity index (χ2v) is 3.60. The lowest BCUT2D eigenvalue weighted by atomic mass is 10.3. The number of aromatic nitrogens is 1. The van der Waals surface area contributed by atoms with Crippen molar-refractivity contribution < 1.29 is 19.4 Å². The van der Waals surface area contributed by atoms with Crippen molar-refractivity contribution in [2.75, 3.05) is 11.9 Å². The lowest BCUT2D eigenvalue weighted by molar-refractivity contribution is 0.0695. The van der Waals surface area contributed by atoms with Gasteiger partial charge in [-0.15, -0.1) is 0 Å². The number of halogens is 1. The highest BCUT2D eigenvalue weighted by molar-refractivity contribution is 9.10. The number of carboxylic acids is 1. The van der Waals surface area contributed by atoms with Crippen molar-refractivity contribution in [3.8, 4) is 0 Å². The molecule has 0 spiro atoms. The number of hydrogen-bond acceptors (Lipinski definition) is 4. The molecule has 1 rings (SSSR count). The molecule has 0 unspecified atom stereocenters. The summed E-state index contributed by atoms with van der Waals surface area (Å²) >= 11 is 2.99. The van der Waals surface area contributed by atoms with Crippen LogP contribution in [0.1, 0.15) is 10.4 Å². The Balaban J connectivity index is 2.74. The van der Waals surface area contributed by atoms with Gasteiger partial charge >= 0.3 is 12.1 Å². The summed E-state index contributed by atoms with van der Waals surface area (Å²) in [5, 5.41) is 11.1. The summed E-state index contributed by atoms with van der Waals surface area (Å²) in [5.41, 5.74) is 0.00927. The zero-order valence-corrected chi connectivity index (χ0v) is 10.2. The predicted octanol–water partition coefficient (Wildman–Crippen LogP) is 2.28. The third kappa shape index (κ3) is 3.87. The van der Waals surface area contributed by atoms with Crippen molar-refractivity contribution in [3.05, 3.63) is 35.0 Å². The van der Waals surface area contributed by atoms with Gasteiger partial charge in [0.05, 0.1) is 5.56 Å². The van der Waals surface area contributed by atoms with Crippen LogP contribution >= 0.6 is 15.9 Å². The van der Waals surface area contributed by atoms with Gasteiger partial charge in [-0.05, 0) is 28.1 Å². The summed E-state index contributed by atoms with van der Waals surface area (Å²) in [6, 6.07) is 2.69. The molecule has 6 nitrogen and oxygen atoms in total. The molecule has 90 valence electrons. The molecule has 1 aromatic rings. The molecule has 0 aliphatic heterocycles. The van der Waals surface area contributed by atoms with Crippen LogP contribution in [0.2, 0.25) is 0 Å².